The molecule has 0 aliphatic heterocycles. The van der Waals surface area contributed by atoms with E-state index in [1.54, 1.807) is 13.0 Å². The summed E-state index contributed by atoms with van der Waals surface area (Å²) in [5.41, 5.74) is 1.09. The van der Waals surface area contributed by atoms with Crippen LogP contribution < -0.4 is 4.72 Å². The van der Waals surface area contributed by atoms with Crippen LogP contribution in [0.2, 0.25) is 10.2 Å². The van der Waals surface area contributed by atoms with E-state index >= 15 is 0 Å². The fourth-order valence-corrected chi connectivity index (χ4v) is 3.27. The highest BCUT2D eigenvalue weighted by Crippen LogP contribution is 2.25. The van der Waals surface area contributed by atoms with E-state index in [9.17, 15) is 8.42 Å². The van der Waals surface area contributed by atoms with Gasteiger partial charge in [-0.2, -0.15) is 5.26 Å². The lowest BCUT2D eigenvalue weighted by molar-refractivity contribution is 0.601. The third-order valence-electron chi connectivity index (χ3n) is 2.62. The van der Waals surface area contributed by atoms with Crippen molar-refractivity contribution in [2.45, 2.75) is 11.8 Å². The van der Waals surface area contributed by atoms with Crippen molar-refractivity contribution in [1.29, 1.82) is 5.26 Å². The number of nitriles is 1. The molecule has 0 unspecified atom stereocenters. The number of rotatable bonds is 3. The number of anilines is 1. The second-order valence-corrected chi connectivity index (χ2v) is 6.61. The van der Waals surface area contributed by atoms with Crippen molar-refractivity contribution < 1.29 is 8.42 Å². The highest BCUT2D eigenvalue weighted by Gasteiger charge is 2.19. The van der Waals surface area contributed by atoms with Gasteiger partial charge >= 0.3 is 0 Å². The Balaban J connectivity index is 2.43. The van der Waals surface area contributed by atoms with Gasteiger partial charge in [0.05, 0.1) is 28.5 Å². The van der Waals surface area contributed by atoms with Gasteiger partial charge < -0.3 is 0 Å². The molecule has 0 saturated heterocycles. The number of benzene rings is 1. The molecule has 0 atom stereocenters. The van der Waals surface area contributed by atoms with Crippen LogP contribution in [-0.2, 0) is 10.0 Å². The number of halogens is 2. The zero-order chi connectivity index (χ0) is 15.6. The standard InChI is InChI=1S/C13H9Cl2N3O2S/c1-8-4-10(7-17-13(8)15)18-21(19,20)12-5-9(6-16)2-3-11(12)14/h2-5,7,18H,1H3. The van der Waals surface area contributed by atoms with Crippen molar-refractivity contribution in [3.63, 3.8) is 0 Å². The molecule has 0 radical (unpaired) electrons. The average Bonchev–Trinajstić information content (AvgIpc) is 2.43. The fraction of sp³-hybridized carbons (Fsp3) is 0.0769. The molecule has 0 aliphatic carbocycles. The van der Waals surface area contributed by atoms with Gasteiger partial charge in [-0.25, -0.2) is 13.4 Å². The summed E-state index contributed by atoms with van der Waals surface area (Å²) in [6.07, 6.45) is 1.30. The zero-order valence-corrected chi connectivity index (χ0v) is 13.1. The number of hydrogen-bond donors (Lipinski definition) is 1. The number of pyridine rings is 1. The monoisotopic (exact) mass is 341 g/mol. The molecule has 2 rings (SSSR count). The van der Waals surface area contributed by atoms with E-state index in [1.165, 1.54) is 24.4 Å². The Bertz CT molecular complexity index is 845. The summed E-state index contributed by atoms with van der Waals surface area (Å²) in [5.74, 6) is 0. The second-order valence-electron chi connectivity index (χ2n) is 4.19. The van der Waals surface area contributed by atoms with Crippen molar-refractivity contribution in [2.24, 2.45) is 0 Å². The van der Waals surface area contributed by atoms with Crippen molar-refractivity contribution in [3.05, 3.63) is 51.8 Å². The van der Waals surface area contributed by atoms with Gasteiger partial charge in [0.1, 0.15) is 10.0 Å². The minimum Gasteiger partial charge on any atom is -0.278 e. The van der Waals surface area contributed by atoms with Crippen LogP contribution in [0, 0.1) is 18.3 Å². The number of aromatic nitrogens is 1. The summed E-state index contributed by atoms with van der Waals surface area (Å²) >= 11 is 11.7. The molecule has 0 amide bonds. The number of sulfonamides is 1. The van der Waals surface area contributed by atoms with Crippen molar-refractivity contribution in [2.75, 3.05) is 4.72 Å². The van der Waals surface area contributed by atoms with E-state index in [0.29, 0.717) is 10.7 Å². The Kier molecular flexibility index (Phi) is 4.37. The summed E-state index contributed by atoms with van der Waals surface area (Å²) in [6, 6.07) is 7.43. The molecule has 1 N–H and O–H groups in total. The lowest BCUT2D eigenvalue weighted by Crippen LogP contribution is -2.14. The van der Waals surface area contributed by atoms with Crippen LogP contribution in [-0.4, -0.2) is 13.4 Å². The molecule has 8 heteroatoms. The minimum atomic E-state index is -3.92. The van der Waals surface area contributed by atoms with Gasteiger partial charge in [-0.1, -0.05) is 23.2 Å². The average molecular weight is 342 g/mol. The van der Waals surface area contributed by atoms with Gasteiger partial charge in [-0.05, 0) is 36.8 Å². The molecule has 21 heavy (non-hydrogen) atoms. The Morgan fingerprint density at radius 2 is 2.00 bits per heavy atom. The largest absolute Gasteiger partial charge is 0.278 e. The third-order valence-corrected chi connectivity index (χ3v) is 4.87. The van der Waals surface area contributed by atoms with Crippen LogP contribution in [0.4, 0.5) is 5.69 Å². The molecule has 5 nitrogen and oxygen atoms in total. The van der Waals surface area contributed by atoms with Crippen molar-refractivity contribution >= 4 is 38.9 Å². The van der Waals surface area contributed by atoms with Crippen LogP contribution in [0.15, 0.2) is 35.4 Å². The summed E-state index contributed by atoms with van der Waals surface area (Å²) in [4.78, 5) is 3.70. The molecule has 0 spiro atoms. The first kappa shape index (κ1) is 15.6. The van der Waals surface area contributed by atoms with E-state index in [-0.39, 0.29) is 21.2 Å². The number of hydrogen-bond acceptors (Lipinski definition) is 4. The fourth-order valence-electron chi connectivity index (χ4n) is 1.60. The number of nitrogens with one attached hydrogen (secondary N) is 1. The van der Waals surface area contributed by atoms with Crippen LogP contribution in [0.25, 0.3) is 0 Å². The van der Waals surface area contributed by atoms with E-state index in [0.717, 1.165) is 0 Å². The molecule has 1 aromatic heterocycles. The first-order valence-corrected chi connectivity index (χ1v) is 7.92. The first-order valence-electron chi connectivity index (χ1n) is 5.68. The lowest BCUT2D eigenvalue weighted by atomic mass is 10.2. The van der Waals surface area contributed by atoms with Crippen LogP contribution >= 0.6 is 23.2 Å². The molecule has 0 fully saturated rings. The predicted molar refractivity (Wildman–Crippen MR) is 81.0 cm³/mol. The Hall–Kier alpha value is -1.81. The van der Waals surface area contributed by atoms with Gasteiger partial charge in [0.2, 0.25) is 0 Å². The van der Waals surface area contributed by atoms with Crippen molar-refractivity contribution in [3.8, 4) is 6.07 Å². The van der Waals surface area contributed by atoms with Gasteiger partial charge in [0, 0.05) is 0 Å². The molecule has 2 aromatic rings. The van der Waals surface area contributed by atoms with Gasteiger partial charge in [0.15, 0.2) is 0 Å². The molecular weight excluding hydrogens is 333 g/mol. The van der Waals surface area contributed by atoms with Gasteiger partial charge in [-0.3, -0.25) is 4.72 Å². The molecular formula is C13H9Cl2N3O2S. The second kappa shape index (κ2) is 5.90. The predicted octanol–water partition coefficient (Wildman–Crippen LogP) is 3.37. The maximum atomic E-state index is 12.3. The first-order chi connectivity index (χ1) is 9.83. The SMILES string of the molecule is Cc1cc(NS(=O)(=O)c2cc(C#N)ccc2Cl)cnc1Cl. The molecule has 0 aliphatic rings. The Morgan fingerprint density at radius 3 is 2.62 bits per heavy atom. The summed E-state index contributed by atoms with van der Waals surface area (Å²) < 4.78 is 27.0. The Labute approximate surface area is 132 Å². The molecule has 0 saturated carbocycles. The molecule has 1 heterocycles. The molecule has 0 bridgehead atoms. The number of aryl methyl sites for hydroxylation is 1. The maximum absolute atomic E-state index is 12.3. The third kappa shape index (κ3) is 3.45. The topological polar surface area (TPSA) is 82.9 Å². The molecule has 108 valence electrons. The highest BCUT2D eigenvalue weighted by atomic mass is 35.5. The number of nitrogens with zero attached hydrogens (tertiary/aromatic N) is 2. The summed E-state index contributed by atoms with van der Waals surface area (Å²) in [7, 11) is -3.92. The van der Waals surface area contributed by atoms with E-state index in [2.05, 4.69) is 9.71 Å². The summed E-state index contributed by atoms with van der Waals surface area (Å²) in [5, 5.41) is 9.16. The quantitative estimate of drug-likeness (QED) is 0.867. The minimum absolute atomic E-state index is 0.0279. The van der Waals surface area contributed by atoms with Gasteiger partial charge in [-0.15, -0.1) is 0 Å². The van der Waals surface area contributed by atoms with E-state index < -0.39 is 10.0 Å². The highest BCUT2D eigenvalue weighted by molar-refractivity contribution is 7.92. The summed E-state index contributed by atoms with van der Waals surface area (Å²) in [6.45, 7) is 1.70. The van der Waals surface area contributed by atoms with Crippen molar-refractivity contribution in [1.82, 2.24) is 4.98 Å². The van der Waals surface area contributed by atoms with E-state index in [4.69, 9.17) is 28.5 Å². The normalized spacial score (nSPS) is 11.0. The zero-order valence-electron chi connectivity index (χ0n) is 10.8. The van der Waals surface area contributed by atoms with Crippen LogP contribution in [0.5, 0.6) is 0 Å². The van der Waals surface area contributed by atoms with Crippen LogP contribution in [0.1, 0.15) is 11.1 Å². The van der Waals surface area contributed by atoms with Crippen LogP contribution in [0.3, 0.4) is 0 Å². The van der Waals surface area contributed by atoms with Gasteiger partial charge in [0.25, 0.3) is 10.0 Å². The molecule has 1 aromatic carbocycles. The Morgan fingerprint density at radius 1 is 1.29 bits per heavy atom. The smallest absolute Gasteiger partial charge is 0.263 e. The maximum Gasteiger partial charge on any atom is 0.263 e. The van der Waals surface area contributed by atoms with E-state index in [1.807, 2.05) is 6.07 Å². The lowest BCUT2D eigenvalue weighted by Gasteiger charge is -2.10.